The molecule has 0 N–H and O–H groups in total. The van der Waals surface area contributed by atoms with Crippen LogP contribution in [-0.2, 0) is 4.57 Å². The van der Waals surface area contributed by atoms with E-state index < -0.39 is 7.14 Å². The van der Waals surface area contributed by atoms with Gasteiger partial charge in [0.25, 0.3) is 0 Å². The summed E-state index contributed by atoms with van der Waals surface area (Å²) in [6.45, 7) is 0. The van der Waals surface area contributed by atoms with Crippen molar-refractivity contribution in [2.45, 2.75) is 0 Å². The van der Waals surface area contributed by atoms with Crippen molar-refractivity contribution in [1.82, 2.24) is 14.5 Å². The molecule has 10 aromatic rings. The number of nitrogens with zero attached hydrogens (tertiary/aromatic N) is 3. The molecule has 2 aromatic heterocycles. The molecule has 0 aliphatic carbocycles. The van der Waals surface area contributed by atoms with Crippen molar-refractivity contribution in [1.29, 1.82) is 0 Å². The van der Waals surface area contributed by atoms with Gasteiger partial charge in [0.05, 0.1) is 27.7 Å². The lowest BCUT2D eigenvalue weighted by molar-refractivity contribution is 0.593. The molecule has 1 atom stereocenters. The molecule has 0 bridgehead atoms. The van der Waals surface area contributed by atoms with E-state index >= 15 is 4.57 Å². The standard InChI is InChI=1S/C52H34N3OP/c56-57(41-18-8-3-9-19-41)49-23-13-11-21-43(49)45-33-32-44-42-20-10-12-22-48(42)55(50(44)51(45)57)40-30-28-38(29-31-40)47-34-46(53-52(54-47)39-16-6-2-7-17-39)37-26-24-36(25-27-37)35-14-4-1-5-15-35/h1-34H. The molecule has 0 spiro atoms. The van der Waals surface area contributed by atoms with Gasteiger partial charge in [-0.3, -0.25) is 0 Å². The van der Waals surface area contributed by atoms with Crippen molar-refractivity contribution in [2.75, 3.05) is 0 Å². The Bertz CT molecular complexity index is 3180. The highest BCUT2D eigenvalue weighted by Gasteiger charge is 2.42. The first-order valence-electron chi connectivity index (χ1n) is 19.2. The summed E-state index contributed by atoms with van der Waals surface area (Å²) in [5, 5.41) is 4.86. The highest BCUT2D eigenvalue weighted by atomic mass is 31.2. The lowest BCUT2D eigenvalue weighted by Crippen LogP contribution is -2.22. The van der Waals surface area contributed by atoms with Gasteiger partial charge < -0.3 is 9.13 Å². The lowest BCUT2D eigenvalue weighted by Gasteiger charge is -2.19. The molecule has 8 aromatic carbocycles. The minimum Gasteiger partial charge on any atom is -0.309 e. The Labute approximate surface area is 330 Å². The van der Waals surface area contributed by atoms with E-state index in [-0.39, 0.29) is 0 Å². The van der Waals surface area contributed by atoms with Gasteiger partial charge in [-0.1, -0.05) is 182 Å². The predicted octanol–water partition coefficient (Wildman–Crippen LogP) is 11.9. The molecule has 268 valence electrons. The SMILES string of the molecule is O=P1(c2ccccc2)c2ccccc2-c2ccc3c4ccccc4n(-c4ccc(-c5cc(-c6ccc(-c7ccccc7)cc6)nc(-c6ccccc6)n5)cc4)c3c21. The summed E-state index contributed by atoms with van der Waals surface area (Å²) in [5.41, 5.74) is 12.1. The van der Waals surface area contributed by atoms with Crippen LogP contribution in [0.25, 0.3) is 83.6 Å². The van der Waals surface area contributed by atoms with Crippen LogP contribution in [-0.4, -0.2) is 14.5 Å². The van der Waals surface area contributed by atoms with Gasteiger partial charge in [-0.05, 0) is 46.5 Å². The number of hydrogen-bond acceptors (Lipinski definition) is 3. The van der Waals surface area contributed by atoms with Crippen molar-refractivity contribution in [3.05, 3.63) is 206 Å². The first-order valence-corrected chi connectivity index (χ1v) is 20.9. The van der Waals surface area contributed by atoms with Gasteiger partial charge in [0, 0.05) is 43.8 Å². The van der Waals surface area contributed by atoms with Crippen LogP contribution < -0.4 is 15.9 Å². The van der Waals surface area contributed by atoms with Gasteiger partial charge in [0.15, 0.2) is 13.0 Å². The molecule has 4 nitrogen and oxygen atoms in total. The topological polar surface area (TPSA) is 47.8 Å². The van der Waals surface area contributed by atoms with Gasteiger partial charge >= 0.3 is 0 Å². The van der Waals surface area contributed by atoms with Gasteiger partial charge in [-0.15, -0.1) is 0 Å². The molecule has 0 saturated heterocycles. The zero-order valence-corrected chi connectivity index (χ0v) is 31.7. The Balaban J connectivity index is 1.08. The summed E-state index contributed by atoms with van der Waals surface area (Å²) in [6, 6.07) is 71.0. The van der Waals surface area contributed by atoms with E-state index in [1.807, 2.05) is 72.8 Å². The summed E-state index contributed by atoms with van der Waals surface area (Å²) >= 11 is 0. The van der Waals surface area contributed by atoms with Gasteiger partial charge in [0.1, 0.15) is 0 Å². The Kier molecular flexibility index (Phi) is 7.73. The zero-order valence-electron chi connectivity index (χ0n) is 30.8. The van der Waals surface area contributed by atoms with Crippen molar-refractivity contribution in [3.8, 4) is 61.8 Å². The van der Waals surface area contributed by atoms with E-state index in [1.54, 1.807) is 0 Å². The molecular weight excluding hydrogens is 714 g/mol. The highest BCUT2D eigenvalue weighted by molar-refractivity contribution is 7.86. The Morgan fingerprint density at radius 2 is 0.965 bits per heavy atom. The first-order chi connectivity index (χ1) is 28.1. The molecule has 0 fully saturated rings. The first kappa shape index (κ1) is 33.2. The summed E-state index contributed by atoms with van der Waals surface area (Å²) in [7, 11) is -3.24. The number of aromatic nitrogens is 3. The zero-order chi connectivity index (χ0) is 37.9. The number of benzene rings is 8. The molecular formula is C52H34N3OP. The molecule has 1 aliphatic rings. The van der Waals surface area contributed by atoms with Gasteiger partial charge in [-0.2, -0.15) is 0 Å². The van der Waals surface area contributed by atoms with Crippen LogP contribution in [0.1, 0.15) is 0 Å². The minimum absolute atomic E-state index is 0.675. The fraction of sp³-hybridized carbons (Fsp3) is 0. The Morgan fingerprint density at radius 1 is 0.421 bits per heavy atom. The molecule has 5 heteroatoms. The number of hydrogen-bond donors (Lipinski definition) is 0. The minimum atomic E-state index is -3.24. The number of fused-ring (bicyclic) bond motifs is 7. The van der Waals surface area contributed by atoms with E-state index in [0.717, 1.165) is 88.2 Å². The average Bonchev–Trinajstić information content (AvgIpc) is 3.77. The van der Waals surface area contributed by atoms with E-state index in [2.05, 4.69) is 138 Å². The third kappa shape index (κ3) is 5.33. The maximum absolute atomic E-state index is 15.9. The van der Waals surface area contributed by atoms with Gasteiger partial charge in [0.2, 0.25) is 0 Å². The van der Waals surface area contributed by atoms with Crippen molar-refractivity contribution >= 4 is 44.9 Å². The van der Waals surface area contributed by atoms with Gasteiger partial charge in [-0.25, -0.2) is 9.97 Å². The fourth-order valence-electron chi connectivity index (χ4n) is 8.55. The van der Waals surface area contributed by atoms with Crippen molar-refractivity contribution in [3.63, 3.8) is 0 Å². The van der Waals surface area contributed by atoms with Crippen LogP contribution in [0.15, 0.2) is 206 Å². The molecule has 11 rings (SSSR count). The quantitative estimate of drug-likeness (QED) is 0.159. The van der Waals surface area contributed by atoms with Crippen LogP contribution in [0, 0.1) is 0 Å². The largest absolute Gasteiger partial charge is 0.309 e. The molecule has 3 heterocycles. The van der Waals surface area contributed by atoms with Crippen LogP contribution in [0.2, 0.25) is 0 Å². The molecule has 1 unspecified atom stereocenters. The van der Waals surface area contributed by atoms with Crippen LogP contribution >= 0.6 is 7.14 Å². The third-order valence-electron chi connectivity index (χ3n) is 11.2. The van der Waals surface area contributed by atoms with Crippen LogP contribution in [0.4, 0.5) is 0 Å². The van der Waals surface area contributed by atoms with E-state index in [0.29, 0.717) is 5.82 Å². The van der Waals surface area contributed by atoms with Crippen molar-refractivity contribution in [2.24, 2.45) is 0 Å². The summed E-state index contributed by atoms with van der Waals surface area (Å²) in [4.78, 5) is 10.2. The van der Waals surface area contributed by atoms with Crippen molar-refractivity contribution < 1.29 is 4.57 Å². The third-order valence-corrected chi connectivity index (χ3v) is 14.4. The summed E-state index contributed by atoms with van der Waals surface area (Å²) in [6.07, 6.45) is 0. The maximum Gasteiger partial charge on any atom is 0.174 e. The second kappa shape index (κ2) is 13.3. The summed E-state index contributed by atoms with van der Waals surface area (Å²) < 4.78 is 18.2. The molecule has 0 radical (unpaired) electrons. The fourth-order valence-corrected chi connectivity index (χ4v) is 11.8. The molecule has 57 heavy (non-hydrogen) atoms. The Hall–Kier alpha value is -7.13. The Morgan fingerprint density at radius 3 is 1.67 bits per heavy atom. The maximum atomic E-state index is 15.9. The number of para-hydroxylation sites is 1. The average molecular weight is 748 g/mol. The molecule has 1 aliphatic heterocycles. The van der Waals surface area contributed by atoms with E-state index in [9.17, 15) is 0 Å². The second-order valence-corrected chi connectivity index (χ2v) is 17.2. The smallest absolute Gasteiger partial charge is 0.174 e. The second-order valence-electron chi connectivity index (χ2n) is 14.5. The lowest BCUT2D eigenvalue weighted by atomic mass is 10.0. The number of rotatable bonds is 6. The molecule has 0 saturated carbocycles. The highest BCUT2D eigenvalue weighted by Crippen LogP contribution is 2.55. The van der Waals surface area contributed by atoms with Crippen LogP contribution in [0.5, 0.6) is 0 Å². The summed E-state index contributed by atoms with van der Waals surface area (Å²) in [5.74, 6) is 0.675. The van der Waals surface area contributed by atoms with E-state index in [1.165, 1.54) is 5.56 Å². The van der Waals surface area contributed by atoms with Crippen LogP contribution in [0.3, 0.4) is 0 Å². The predicted molar refractivity (Wildman–Crippen MR) is 237 cm³/mol. The molecule has 0 amide bonds. The normalized spacial score (nSPS) is 14.5. The monoisotopic (exact) mass is 747 g/mol. The van der Waals surface area contributed by atoms with E-state index in [4.69, 9.17) is 9.97 Å².